The Bertz CT molecular complexity index is 183. The van der Waals surface area contributed by atoms with E-state index in [0.29, 0.717) is 0 Å². The molecular weight excluding hydrogens is 241 g/mol. The molecule has 0 rings (SSSR count). The minimum Gasteiger partial charge on any atom is -0.481 e. The summed E-state index contributed by atoms with van der Waals surface area (Å²) in [5.74, 6) is -1.51. The standard InChI is InChI=1S/C8H14O5.Zn/c1-6(12-2)5-13-8(11)4-3-7(9)10;/h6H,3-5H2,1-2H3,(H,9,10);. The maximum absolute atomic E-state index is 10.8. The van der Waals surface area contributed by atoms with Crippen LogP contribution in [0, 0.1) is 0 Å². The Hall–Kier alpha value is -0.477. The number of carbonyl (C=O) groups is 2. The van der Waals surface area contributed by atoms with Gasteiger partial charge in [0, 0.05) is 26.6 Å². The van der Waals surface area contributed by atoms with Gasteiger partial charge in [0.15, 0.2) is 0 Å². The van der Waals surface area contributed by atoms with Gasteiger partial charge < -0.3 is 14.6 Å². The fourth-order valence-electron chi connectivity index (χ4n) is 0.560. The summed E-state index contributed by atoms with van der Waals surface area (Å²) < 4.78 is 9.55. The largest absolute Gasteiger partial charge is 0.481 e. The molecule has 0 bridgehead atoms. The van der Waals surface area contributed by atoms with Crippen LogP contribution >= 0.6 is 0 Å². The second-order valence-corrected chi connectivity index (χ2v) is 2.62. The maximum Gasteiger partial charge on any atom is 0.306 e. The molecule has 78 valence electrons. The van der Waals surface area contributed by atoms with Crippen LogP contribution in [0.1, 0.15) is 19.8 Å². The molecule has 6 heteroatoms. The summed E-state index contributed by atoms with van der Waals surface area (Å²) in [6.07, 6.45) is -0.444. The van der Waals surface area contributed by atoms with Gasteiger partial charge in [-0.3, -0.25) is 9.59 Å². The number of esters is 1. The molecule has 1 unspecified atom stereocenters. The van der Waals surface area contributed by atoms with Crippen molar-refractivity contribution in [1.29, 1.82) is 0 Å². The van der Waals surface area contributed by atoms with Crippen LogP contribution in [0.15, 0.2) is 0 Å². The van der Waals surface area contributed by atoms with E-state index in [4.69, 9.17) is 14.6 Å². The third kappa shape index (κ3) is 9.61. The number of hydrogen-bond donors (Lipinski definition) is 1. The van der Waals surface area contributed by atoms with Gasteiger partial charge in [0.25, 0.3) is 0 Å². The van der Waals surface area contributed by atoms with Crippen LogP contribution in [0.4, 0.5) is 0 Å². The van der Waals surface area contributed by atoms with E-state index >= 15 is 0 Å². The Balaban J connectivity index is 0. The fraction of sp³-hybridized carbons (Fsp3) is 0.750. The summed E-state index contributed by atoms with van der Waals surface area (Å²) in [7, 11) is 1.51. The van der Waals surface area contributed by atoms with Crippen LogP contribution in [-0.4, -0.2) is 36.9 Å². The van der Waals surface area contributed by atoms with Crippen LogP contribution in [0.25, 0.3) is 0 Å². The third-order valence-corrected chi connectivity index (χ3v) is 1.42. The van der Waals surface area contributed by atoms with E-state index in [1.54, 1.807) is 6.92 Å². The monoisotopic (exact) mass is 254 g/mol. The number of hydrogen-bond acceptors (Lipinski definition) is 4. The van der Waals surface area contributed by atoms with Crippen molar-refractivity contribution in [3.63, 3.8) is 0 Å². The van der Waals surface area contributed by atoms with Gasteiger partial charge in [-0.25, -0.2) is 0 Å². The molecule has 0 amide bonds. The van der Waals surface area contributed by atoms with Crippen molar-refractivity contribution in [3.8, 4) is 0 Å². The Labute approximate surface area is 95.5 Å². The quantitative estimate of drug-likeness (QED) is 0.550. The molecule has 0 radical (unpaired) electrons. The molecule has 0 aliphatic heterocycles. The molecule has 0 aromatic heterocycles. The van der Waals surface area contributed by atoms with Gasteiger partial charge in [0.05, 0.1) is 18.9 Å². The van der Waals surface area contributed by atoms with Gasteiger partial charge in [-0.05, 0) is 6.92 Å². The van der Waals surface area contributed by atoms with Crippen molar-refractivity contribution in [1.82, 2.24) is 0 Å². The average molecular weight is 256 g/mol. The van der Waals surface area contributed by atoms with E-state index in [2.05, 4.69) is 0 Å². The van der Waals surface area contributed by atoms with Crippen molar-refractivity contribution in [3.05, 3.63) is 0 Å². The number of carboxylic acids is 1. The summed E-state index contributed by atoms with van der Waals surface area (Å²) in [6.45, 7) is 1.92. The fourth-order valence-corrected chi connectivity index (χ4v) is 0.560. The first-order valence-corrected chi connectivity index (χ1v) is 3.96. The Kier molecular flexibility index (Phi) is 10.4. The first-order chi connectivity index (χ1) is 6.06. The number of carbonyl (C=O) groups excluding carboxylic acids is 1. The van der Waals surface area contributed by atoms with Crippen LogP contribution in [0.2, 0.25) is 0 Å². The first-order valence-electron chi connectivity index (χ1n) is 3.96. The summed E-state index contributed by atoms with van der Waals surface area (Å²) in [5.41, 5.74) is 0. The van der Waals surface area contributed by atoms with E-state index in [-0.39, 0.29) is 45.0 Å². The molecule has 1 atom stereocenters. The van der Waals surface area contributed by atoms with Crippen molar-refractivity contribution < 1.29 is 43.6 Å². The van der Waals surface area contributed by atoms with E-state index in [1.165, 1.54) is 7.11 Å². The first kappa shape index (κ1) is 16.0. The Morgan fingerprint density at radius 1 is 1.36 bits per heavy atom. The minimum atomic E-state index is -1.00. The number of ether oxygens (including phenoxy) is 2. The Morgan fingerprint density at radius 3 is 2.36 bits per heavy atom. The smallest absolute Gasteiger partial charge is 0.306 e. The summed E-state index contributed by atoms with van der Waals surface area (Å²) >= 11 is 0. The number of carboxylic acid groups (broad SMARTS) is 1. The van der Waals surface area contributed by atoms with Gasteiger partial charge in [0.2, 0.25) is 0 Å². The molecule has 5 nitrogen and oxygen atoms in total. The summed E-state index contributed by atoms with van der Waals surface area (Å²) in [4.78, 5) is 20.9. The Morgan fingerprint density at radius 2 is 1.93 bits per heavy atom. The molecule has 0 aromatic carbocycles. The van der Waals surface area contributed by atoms with Crippen LogP contribution in [0.5, 0.6) is 0 Å². The van der Waals surface area contributed by atoms with Gasteiger partial charge >= 0.3 is 11.9 Å². The zero-order valence-electron chi connectivity index (χ0n) is 8.49. The van der Waals surface area contributed by atoms with Crippen molar-refractivity contribution in [2.24, 2.45) is 0 Å². The second-order valence-electron chi connectivity index (χ2n) is 2.62. The SMILES string of the molecule is COC(C)COC(=O)CCC(=O)O.[Zn]. The zero-order chi connectivity index (χ0) is 10.3. The molecule has 0 heterocycles. The van der Waals surface area contributed by atoms with E-state index in [9.17, 15) is 9.59 Å². The van der Waals surface area contributed by atoms with Gasteiger partial charge in [-0.2, -0.15) is 0 Å². The van der Waals surface area contributed by atoms with E-state index < -0.39 is 11.9 Å². The molecule has 14 heavy (non-hydrogen) atoms. The van der Waals surface area contributed by atoms with Crippen LogP contribution in [-0.2, 0) is 38.5 Å². The number of rotatable bonds is 6. The minimum absolute atomic E-state index is 0. The third-order valence-electron chi connectivity index (χ3n) is 1.42. The predicted molar refractivity (Wildman–Crippen MR) is 44.3 cm³/mol. The molecule has 0 aliphatic carbocycles. The molecule has 0 saturated carbocycles. The molecular formula is C8H14O5Zn. The van der Waals surface area contributed by atoms with Crippen LogP contribution in [0.3, 0.4) is 0 Å². The molecule has 1 N–H and O–H groups in total. The topological polar surface area (TPSA) is 72.8 Å². The van der Waals surface area contributed by atoms with Crippen molar-refractivity contribution >= 4 is 11.9 Å². The van der Waals surface area contributed by atoms with E-state index in [1.807, 2.05) is 0 Å². The van der Waals surface area contributed by atoms with Crippen molar-refractivity contribution in [2.45, 2.75) is 25.9 Å². The molecule has 0 saturated heterocycles. The molecule has 0 aromatic rings. The van der Waals surface area contributed by atoms with Gasteiger partial charge in [-0.1, -0.05) is 0 Å². The van der Waals surface area contributed by atoms with Gasteiger partial charge in [-0.15, -0.1) is 0 Å². The molecule has 0 aliphatic rings. The molecule has 0 fully saturated rings. The van der Waals surface area contributed by atoms with Crippen molar-refractivity contribution in [2.75, 3.05) is 13.7 Å². The van der Waals surface area contributed by atoms with Crippen LogP contribution < -0.4 is 0 Å². The second kappa shape index (κ2) is 9.09. The summed E-state index contributed by atoms with van der Waals surface area (Å²) in [5, 5.41) is 8.25. The average Bonchev–Trinajstić information content (AvgIpc) is 2.10. The molecule has 0 spiro atoms. The zero-order valence-corrected chi connectivity index (χ0v) is 11.5. The van der Waals surface area contributed by atoms with Gasteiger partial charge in [0.1, 0.15) is 6.61 Å². The number of aliphatic carboxylic acids is 1. The normalized spacial score (nSPS) is 11.3. The number of methoxy groups -OCH3 is 1. The predicted octanol–water partition coefficient (Wildman–Crippen LogP) is 0.427. The van der Waals surface area contributed by atoms with E-state index in [0.717, 1.165) is 0 Å². The maximum atomic E-state index is 10.8. The summed E-state index contributed by atoms with van der Waals surface area (Å²) in [6, 6.07) is 0.